The Balaban J connectivity index is 1.97. The van der Waals surface area contributed by atoms with Crippen LogP contribution in [0.5, 0.6) is 0 Å². The number of aromatic nitrogens is 2. The van der Waals surface area contributed by atoms with E-state index in [1.54, 1.807) is 11.8 Å². The van der Waals surface area contributed by atoms with Crippen LogP contribution in [0.1, 0.15) is 17.1 Å². The van der Waals surface area contributed by atoms with Crippen LogP contribution in [0, 0.1) is 6.92 Å². The molecule has 1 aromatic carbocycles. The van der Waals surface area contributed by atoms with Gasteiger partial charge in [0.15, 0.2) is 0 Å². The van der Waals surface area contributed by atoms with Gasteiger partial charge in [-0.1, -0.05) is 17.7 Å². The Bertz CT molecular complexity index is 497. The molecule has 0 spiro atoms. The van der Waals surface area contributed by atoms with Crippen molar-refractivity contribution >= 4 is 11.8 Å². The standard InChI is InChI=1S/C14H17N3S/c1-11-2-4-13(5-3-11)18-10-14-16-9-7-12(17-14)6-8-15/h2-5,7,9H,6,8,10,15H2,1H3. The van der Waals surface area contributed by atoms with Gasteiger partial charge in [0.25, 0.3) is 0 Å². The Labute approximate surface area is 112 Å². The average Bonchev–Trinajstić information content (AvgIpc) is 2.39. The van der Waals surface area contributed by atoms with Gasteiger partial charge in [-0.15, -0.1) is 11.8 Å². The number of nitrogens with zero attached hydrogens (tertiary/aromatic N) is 2. The molecule has 0 radical (unpaired) electrons. The Hall–Kier alpha value is -1.39. The number of aryl methyl sites for hydroxylation is 1. The summed E-state index contributed by atoms with van der Waals surface area (Å²) >= 11 is 1.75. The molecule has 0 atom stereocenters. The molecule has 0 aliphatic carbocycles. The Morgan fingerprint density at radius 3 is 2.67 bits per heavy atom. The fourth-order valence-electron chi connectivity index (χ4n) is 1.58. The highest BCUT2D eigenvalue weighted by molar-refractivity contribution is 7.98. The predicted octanol–water partition coefficient (Wildman–Crippen LogP) is 2.58. The first-order chi connectivity index (χ1) is 8.78. The summed E-state index contributed by atoms with van der Waals surface area (Å²) in [6, 6.07) is 10.4. The molecule has 0 amide bonds. The van der Waals surface area contributed by atoms with Gasteiger partial charge in [-0.05, 0) is 31.7 Å². The van der Waals surface area contributed by atoms with Crippen LogP contribution in [-0.2, 0) is 12.2 Å². The summed E-state index contributed by atoms with van der Waals surface area (Å²) in [5.41, 5.74) is 7.82. The van der Waals surface area contributed by atoms with Crippen molar-refractivity contribution in [2.45, 2.75) is 24.0 Å². The summed E-state index contributed by atoms with van der Waals surface area (Å²) in [6.07, 6.45) is 2.62. The molecule has 0 aliphatic rings. The first kappa shape index (κ1) is 13.1. The SMILES string of the molecule is Cc1ccc(SCc2nccc(CCN)n2)cc1. The smallest absolute Gasteiger partial charge is 0.138 e. The van der Waals surface area contributed by atoms with E-state index in [4.69, 9.17) is 5.73 Å². The van der Waals surface area contributed by atoms with E-state index in [0.717, 1.165) is 23.7 Å². The minimum Gasteiger partial charge on any atom is -0.330 e. The zero-order chi connectivity index (χ0) is 12.8. The maximum absolute atomic E-state index is 5.52. The van der Waals surface area contributed by atoms with Crippen molar-refractivity contribution in [3.8, 4) is 0 Å². The van der Waals surface area contributed by atoms with E-state index in [9.17, 15) is 0 Å². The van der Waals surface area contributed by atoms with E-state index in [-0.39, 0.29) is 0 Å². The van der Waals surface area contributed by atoms with E-state index >= 15 is 0 Å². The summed E-state index contributed by atoms with van der Waals surface area (Å²) in [5.74, 6) is 1.66. The second-order valence-electron chi connectivity index (χ2n) is 4.10. The topological polar surface area (TPSA) is 51.8 Å². The monoisotopic (exact) mass is 259 g/mol. The highest BCUT2D eigenvalue weighted by Crippen LogP contribution is 2.21. The second kappa shape index (κ2) is 6.52. The number of benzene rings is 1. The van der Waals surface area contributed by atoms with Gasteiger partial charge in [0.2, 0.25) is 0 Å². The maximum Gasteiger partial charge on any atom is 0.138 e. The van der Waals surface area contributed by atoms with Crippen LogP contribution in [-0.4, -0.2) is 16.5 Å². The summed E-state index contributed by atoms with van der Waals surface area (Å²) in [7, 11) is 0. The average molecular weight is 259 g/mol. The Kier molecular flexibility index (Phi) is 4.73. The lowest BCUT2D eigenvalue weighted by molar-refractivity contribution is 0.883. The normalized spacial score (nSPS) is 10.6. The van der Waals surface area contributed by atoms with E-state index in [0.29, 0.717) is 6.54 Å². The largest absolute Gasteiger partial charge is 0.330 e. The van der Waals surface area contributed by atoms with E-state index in [2.05, 4.69) is 41.2 Å². The molecule has 0 aliphatic heterocycles. The van der Waals surface area contributed by atoms with Crippen LogP contribution in [0.2, 0.25) is 0 Å². The first-order valence-corrected chi connectivity index (χ1v) is 6.97. The maximum atomic E-state index is 5.52. The fourth-order valence-corrected chi connectivity index (χ4v) is 2.34. The molecule has 18 heavy (non-hydrogen) atoms. The van der Waals surface area contributed by atoms with Gasteiger partial charge in [0.1, 0.15) is 5.82 Å². The molecular formula is C14H17N3S. The third-order valence-corrected chi connectivity index (χ3v) is 3.56. The van der Waals surface area contributed by atoms with Gasteiger partial charge in [0.05, 0.1) is 5.75 Å². The van der Waals surface area contributed by atoms with Crippen LogP contribution >= 0.6 is 11.8 Å². The molecule has 0 saturated carbocycles. The van der Waals surface area contributed by atoms with Crippen molar-refractivity contribution in [3.63, 3.8) is 0 Å². The molecule has 94 valence electrons. The van der Waals surface area contributed by atoms with Crippen molar-refractivity contribution in [2.75, 3.05) is 6.54 Å². The molecule has 2 N–H and O–H groups in total. The van der Waals surface area contributed by atoms with E-state index < -0.39 is 0 Å². The van der Waals surface area contributed by atoms with Gasteiger partial charge in [-0.3, -0.25) is 0 Å². The van der Waals surface area contributed by atoms with Crippen molar-refractivity contribution in [2.24, 2.45) is 5.73 Å². The molecule has 1 aromatic heterocycles. The van der Waals surface area contributed by atoms with Gasteiger partial charge in [-0.25, -0.2) is 9.97 Å². The number of hydrogen-bond donors (Lipinski definition) is 1. The molecule has 4 heteroatoms. The van der Waals surface area contributed by atoms with Gasteiger partial charge in [-0.2, -0.15) is 0 Å². The lowest BCUT2D eigenvalue weighted by Gasteiger charge is -2.03. The quantitative estimate of drug-likeness (QED) is 0.839. The zero-order valence-corrected chi connectivity index (χ0v) is 11.3. The minimum absolute atomic E-state index is 0.627. The summed E-state index contributed by atoms with van der Waals surface area (Å²) in [5, 5.41) is 0. The number of nitrogens with two attached hydrogens (primary N) is 1. The predicted molar refractivity (Wildman–Crippen MR) is 75.5 cm³/mol. The zero-order valence-electron chi connectivity index (χ0n) is 10.5. The number of thioether (sulfide) groups is 1. The lowest BCUT2D eigenvalue weighted by atomic mass is 10.2. The number of hydrogen-bond acceptors (Lipinski definition) is 4. The van der Waals surface area contributed by atoms with Crippen molar-refractivity contribution in [1.82, 2.24) is 9.97 Å². The lowest BCUT2D eigenvalue weighted by Crippen LogP contribution is -2.06. The second-order valence-corrected chi connectivity index (χ2v) is 5.15. The molecule has 2 rings (SSSR count). The molecule has 0 unspecified atom stereocenters. The molecule has 1 heterocycles. The number of rotatable bonds is 5. The fraction of sp³-hybridized carbons (Fsp3) is 0.286. The van der Waals surface area contributed by atoms with Crippen LogP contribution in [0.3, 0.4) is 0 Å². The highest BCUT2D eigenvalue weighted by atomic mass is 32.2. The van der Waals surface area contributed by atoms with Gasteiger partial charge < -0.3 is 5.73 Å². The summed E-state index contributed by atoms with van der Waals surface area (Å²) < 4.78 is 0. The van der Waals surface area contributed by atoms with Crippen molar-refractivity contribution in [1.29, 1.82) is 0 Å². The van der Waals surface area contributed by atoms with Crippen LogP contribution in [0.25, 0.3) is 0 Å². The molecular weight excluding hydrogens is 242 g/mol. The van der Waals surface area contributed by atoms with Crippen LogP contribution < -0.4 is 5.73 Å². The third kappa shape index (κ3) is 3.82. The Morgan fingerprint density at radius 2 is 1.94 bits per heavy atom. The highest BCUT2D eigenvalue weighted by Gasteiger charge is 2.01. The first-order valence-electron chi connectivity index (χ1n) is 5.98. The summed E-state index contributed by atoms with van der Waals surface area (Å²) in [4.78, 5) is 10.0. The summed E-state index contributed by atoms with van der Waals surface area (Å²) in [6.45, 7) is 2.72. The van der Waals surface area contributed by atoms with E-state index in [1.807, 2.05) is 12.3 Å². The molecule has 3 nitrogen and oxygen atoms in total. The van der Waals surface area contributed by atoms with Gasteiger partial charge in [0, 0.05) is 23.2 Å². The van der Waals surface area contributed by atoms with Crippen molar-refractivity contribution < 1.29 is 0 Å². The van der Waals surface area contributed by atoms with Crippen LogP contribution in [0.4, 0.5) is 0 Å². The molecule has 0 saturated heterocycles. The van der Waals surface area contributed by atoms with Gasteiger partial charge >= 0.3 is 0 Å². The third-order valence-electron chi connectivity index (χ3n) is 2.55. The van der Waals surface area contributed by atoms with Crippen LogP contribution in [0.15, 0.2) is 41.4 Å². The molecule has 0 bridgehead atoms. The molecule has 2 aromatic rings. The van der Waals surface area contributed by atoms with E-state index in [1.165, 1.54) is 10.5 Å². The molecule has 0 fully saturated rings. The minimum atomic E-state index is 0.627. The Morgan fingerprint density at radius 1 is 1.17 bits per heavy atom. The van der Waals surface area contributed by atoms with Crippen molar-refractivity contribution in [3.05, 3.63) is 53.6 Å².